The third kappa shape index (κ3) is 5.12. The van der Waals surface area contributed by atoms with Crippen molar-refractivity contribution in [3.63, 3.8) is 0 Å². The van der Waals surface area contributed by atoms with E-state index < -0.39 is 0 Å². The summed E-state index contributed by atoms with van der Waals surface area (Å²) < 4.78 is 5.27. The van der Waals surface area contributed by atoms with Crippen LogP contribution >= 0.6 is 0 Å². The van der Waals surface area contributed by atoms with Crippen LogP contribution < -0.4 is 10.1 Å². The van der Waals surface area contributed by atoms with Crippen LogP contribution in [0.4, 0.5) is 5.82 Å². The van der Waals surface area contributed by atoms with Crippen molar-refractivity contribution in [1.29, 1.82) is 0 Å². The highest BCUT2D eigenvalue weighted by Gasteiger charge is 2.16. The zero-order valence-electron chi connectivity index (χ0n) is 18.0. The topological polar surface area (TPSA) is 79.0 Å². The Morgan fingerprint density at radius 3 is 2.38 bits per heavy atom. The van der Waals surface area contributed by atoms with Crippen molar-refractivity contribution >= 4 is 5.82 Å². The molecule has 2 aromatic heterocycles. The van der Waals surface area contributed by atoms with E-state index in [9.17, 15) is 0 Å². The number of anilines is 1. The molecular formula is C22H30N6O. The van der Waals surface area contributed by atoms with Crippen molar-refractivity contribution < 1.29 is 4.74 Å². The molecule has 0 unspecified atom stereocenters. The van der Waals surface area contributed by atoms with Gasteiger partial charge in [-0.25, -0.2) is 9.97 Å². The molecule has 1 aromatic carbocycles. The largest absolute Gasteiger partial charge is 0.497 e. The molecule has 1 atom stereocenters. The SMILES string of the molecule is COc1ccc([C@@H](CNc2cc(-c3cc(C(C)C)[nH]n3)nc(C)n2)N(C)C)cc1. The number of aromatic nitrogens is 4. The highest BCUT2D eigenvalue weighted by atomic mass is 16.5. The van der Waals surface area contributed by atoms with Gasteiger partial charge in [0.2, 0.25) is 0 Å². The van der Waals surface area contributed by atoms with E-state index in [0.29, 0.717) is 18.3 Å². The first-order valence-electron chi connectivity index (χ1n) is 9.83. The Hall–Kier alpha value is -2.93. The number of hydrogen-bond acceptors (Lipinski definition) is 6. The number of nitrogens with zero attached hydrogens (tertiary/aromatic N) is 4. The lowest BCUT2D eigenvalue weighted by molar-refractivity contribution is 0.311. The first-order chi connectivity index (χ1) is 13.9. The zero-order chi connectivity index (χ0) is 21.0. The van der Waals surface area contributed by atoms with Gasteiger partial charge >= 0.3 is 0 Å². The highest BCUT2D eigenvalue weighted by molar-refractivity contribution is 5.59. The van der Waals surface area contributed by atoms with E-state index in [0.717, 1.165) is 28.6 Å². The lowest BCUT2D eigenvalue weighted by Crippen LogP contribution is -2.27. The molecule has 29 heavy (non-hydrogen) atoms. The quantitative estimate of drug-likeness (QED) is 0.601. The Morgan fingerprint density at radius 1 is 1.07 bits per heavy atom. The lowest BCUT2D eigenvalue weighted by atomic mass is 10.1. The number of likely N-dealkylation sites (N-methyl/N-ethyl adjacent to an activating group) is 1. The molecule has 7 heteroatoms. The summed E-state index contributed by atoms with van der Waals surface area (Å²) in [5, 5.41) is 11.0. The van der Waals surface area contributed by atoms with Crippen molar-refractivity contribution in [2.45, 2.75) is 32.7 Å². The van der Waals surface area contributed by atoms with Crippen LogP contribution in [0.15, 0.2) is 36.4 Å². The molecule has 0 fully saturated rings. The van der Waals surface area contributed by atoms with Crippen LogP contribution in [0.3, 0.4) is 0 Å². The summed E-state index contributed by atoms with van der Waals surface area (Å²) >= 11 is 0. The molecule has 0 bridgehead atoms. The molecule has 0 aliphatic heterocycles. The van der Waals surface area contributed by atoms with E-state index in [2.05, 4.69) is 76.5 Å². The van der Waals surface area contributed by atoms with Gasteiger partial charge in [-0.1, -0.05) is 26.0 Å². The second kappa shape index (κ2) is 9.05. The van der Waals surface area contributed by atoms with Gasteiger partial charge in [0.05, 0.1) is 18.8 Å². The van der Waals surface area contributed by atoms with Crippen molar-refractivity contribution in [1.82, 2.24) is 25.1 Å². The summed E-state index contributed by atoms with van der Waals surface area (Å²) in [6.45, 7) is 6.89. The van der Waals surface area contributed by atoms with Gasteiger partial charge < -0.3 is 15.0 Å². The Balaban J connectivity index is 1.78. The number of benzene rings is 1. The van der Waals surface area contributed by atoms with E-state index in [1.54, 1.807) is 7.11 Å². The number of methoxy groups -OCH3 is 1. The van der Waals surface area contributed by atoms with E-state index in [1.807, 2.05) is 25.1 Å². The number of rotatable bonds is 8. The summed E-state index contributed by atoms with van der Waals surface area (Å²) in [6.07, 6.45) is 0. The van der Waals surface area contributed by atoms with E-state index in [4.69, 9.17) is 4.74 Å². The van der Waals surface area contributed by atoms with E-state index in [-0.39, 0.29) is 6.04 Å². The molecule has 0 aliphatic carbocycles. The van der Waals surface area contributed by atoms with Crippen molar-refractivity contribution in [3.05, 3.63) is 53.5 Å². The second-order valence-electron chi connectivity index (χ2n) is 7.68. The first-order valence-corrected chi connectivity index (χ1v) is 9.83. The number of nitrogens with one attached hydrogen (secondary N) is 2. The molecule has 3 aromatic rings. The molecule has 154 valence electrons. The second-order valence-corrected chi connectivity index (χ2v) is 7.68. The van der Waals surface area contributed by atoms with Crippen LogP contribution in [0.1, 0.15) is 42.9 Å². The molecule has 7 nitrogen and oxygen atoms in total. The summed E-state index contributed by atoms with van der Waals surface area (Å²) in [5.74, 6) is 2.75. The van der Waals surface area contributed by atoms with Gasteiger partial charge in [0.1, 0.15) is 23.1 Å². The Morgan fingerprint density at radius 2 is 1.79 bits per heavy atom. The Labute approximate surface area is 172 Å². The fourth-order valence-corrected chi connectivity index (χ4v) is 3.18. The molecule has 0 saturated carbocycles. The fourth-order valence-electron chi connectivity index (χ4n) is 3.18. The average Bonchev–Trinajstić information content (AvgIpc) is 3.19. The Bertz CT molecular complexity index is 933. The average molecular weight is 395 g/mol. The molecule has 0 saturated heterocycles. The molecule has 0 radical (unpaired) electrons. The normalized spacial score (nSPS) is 12.4. The predicted molar refractivity (Wildman–Crippen MR) is 116 cm³/mol. The van der Waals surface area contributed by atoms with Crippen molar-refractivity contribution in [2.75, 3.05) is 33.1 Å². The molecular weight excluding hydrogens is 364 g/mol. The van der Waals surface area contributed by atoms with Crippen LogP contribution in [-0.4, -0.2) is 52.8 Å². The third-order valence-corrected chi connectivity index (χ3v) is 4.92. The third-order valence-electron chi connectivity index (χ3n) is 4.92. The predicted octanol–water partition coefficient (Wildman–Crippen LogP) is 4.02. The monoisotopic (exact) mass is 394 g/mol. The van der Waals surface area contributed by atoms with Gasteiger partial charge in [-0.15, -0.1) is 0 Å². The van der Waals surface area contributed by atoms with Crippen LogP contribution in [0, 0.1) is 6.92 Å². The van der Waals surface area contributed by atoms with Crippen LogP contribution in [0.25, 0.3) is 11.4 Å². The van der Waals surface area contributed by atoms with Gasteiger partial charge in [0.25, 0.3) is 0 Å². The minimum atomic E-state index is 0.192. The number of aryl methyl sites for hydroxylation is 1. The van der Waals surface area contributed by atoms with E-state index in [1.165, 1.54) is 5.56 Å². The van der Waals surface area contributed by atoms with Gasteiger partial charge in [-0.05, 0) is 50.7 Å². The summed E-state index contributed by atoms with van der Waals surface area (Å²) in [6, 6.07) is 12.4. The van der Waals surface area contributed by atoms with Crippen LogP contribution in [0.5, 0.6) is 5.75 Å². The van der Waals surface area contributed by atoms with Crippen molar-refractivity contribution in [2.24, 2.45) is 0 Å². The van der Waals surface area contributed by atoms with Gasteiger partial charge in [-0.3, -0.25) is 5.10 Å². The van der Waals surface area contributed by atoms with E-state index >= 15 is 0 Å². The Kier molecular flexibility index (Phi) is 6.49. The molecule has 0 aliphatic rings. The summed E-state index contributed by atoms with van der Waals surface area (Å²) in [7, 11) is 5.83. The van der Waals surface area contributed by atoms with Crippen LogP contribution in [0.2, 0.25) is 0 Å². The highest BCUT2D eigenvalue weighted by Crippen LogP contribution is 2.24. The maximum Gasteiger partial charge on any atom is 0.130 e. The zero-order valence-corrected chi connectivity index (χ0v) is 18.0. The van der Waals surface area contributed by atoms with Gasteiger partial charge in [0.15, 0.2) is 0 Å². The number of hydrogen-bond donors (Lipinski definition) is 2. The van der Waals surface area contributed by atoms with Gasteiger partial charge in [0, 0.05) is 18.3 Å². The molecule has 0 amide bonds. The number of aromatic amines is 1. The van der Waals surface area contributed by atoms with Gasteiger partial charge in [-0.2, -0.15) is 5.10 Å². The standard InChI is InChI=1S/C22H30N6O/c1-14(2)18-11-20(27-26-18)19-12-22(25-15(3)24-19)23-13-21(28(4)5)16-7-9-17(29-6)10-8-16/h7-12,14,21H,13H2,1-6H3,(H,26,27)(H,23,24,25)/t21-/m1/s1. The fraction of sp³-hybridized carbons (Fsp3) is 0.409. The van der Waals surface area contributed by atoms with Crippen molar-refractivity contribution in [3.8, 4) is 17.1 Å². The molecule has 2 heterocycles. The number of H-pyrrole nitrogens is 1. The maximum absolute atomic E-state index is 5.27. The minimum Gasteiger partial charge on any atom is -0.497 e. The summed E-state index contributed by atoms with van der Waals surface area (Å²) in [4.78, 5) is 11.3. The lowest BCUT2D eigenvalue weighted by Gasteiger charge is -2.25. The minimum absolute atomic E-state index is 0.192. The summed E-state index contributed by atoms with van der Waals surface area (Å²) in [5.41, 5.74) is 3.96. The number of ether oxygens (including phenoxy) is 1. The van der Waals surface area contributed by atoms with Crippen LogP contribution in [-0.2, 0) is 0 Å². The molecule has 0 spiro atoms. The smallest absolute Gasteiger partial charge is 0.130 e. The maximum atomic E-state index is 5.27. The molecule has 2 N–H and O–H groups in total. The molecule has 3 rings (SSSR count). The first kappa shape index (κ1) is 20.8.